The molecule has 12 nitrogen and oxygen atoms in total. The largest absolute Gasteiger partial charge is 0.548 e. The SMILES string of the molecule is O=S(=O)(C1=C(S(=O)(=O)C(F)(F)F)[CH](S(=O)(=O)C(F)(F)F)[Al]([S](=O)(=O)C(F)(F)F)[C](S(=O)(=O)C(F)(F)F)=C1S(=O)(=O)C(F)(F)F)C(F)(F)F. The summed E-state index contributed by atoms with van der Waals surface area (Å²) in [6.07, 6.45) is 0. The first-order chi connectivity index (χ1) is 20.2. The molecule has 0 N–H and O–H groups in total. The first-order valence-electron chi connectivity index (χ1n) is 9.58. The van der Waals surface area contributed by atoms with E-state index in [0.717, 1.165) is 0 Å². The fourth-order valence-corrected chi connectivity index (χ4v) is 27.5. The van der Waals surface area contributed by atoms with Crippen LogP contribution in [0.4, 0.5) is 79.0 Å². The third-order valence-corrected chi connectivity index (χ3v) is 25.7. The van der Waals surface area contributed by atoms with E-state index in [9.17, 15) is 130 Å². The molecular weight excluding hydrogens is 885 g/mol. The zero-order valence-electron chi connectivity index (χ0n) is 20.3. The standard InChI is InChI=1S/C10HF15O10S5.CF3O2S.Al/c11-6(12,13)36(26,27)1-3(38(30,31)8(17,18)19)5(40(34,35)10(23,24)25)4(39(32,33)9(20,21)22)2-37(28,29)7(14,15)16;2-1(3,4)7(5)6;/h1H;;. The van der Waals surface area contributed by atoms with Crippen LogP contribution in [0.25, 0.3) is 0 Å². The van der Waals surface area contributed by atoms with Crippen LogP contribution in [-0.4, -0.2) is 101 Å². The van der Waals surface area contributed by atoms with Crippen molar-refractivity contribution < 1.29 is 130 Å². The number of sulfone groups is 5. The van der Waals surface area contributed by atoms with Crippen molar-refractivity contribution >= 4 is 70.4 Å². The lowest BCUT2D eigenvalue weighted by Crippen LogP contribution is -2.60. The molecule has 48 heavy (non-hydrogen) atoms. The molecule has 0 spiro atoms. The number of halogens is 18. The van der Waals surface area contributed by atoms with Crippen LogP contribution in [0.5, 0.6) is 0 Å². The van der Waals surface area contributed by atoms with E-state index in [4.69, 9.17) is 0 Å². The Hall–Kier alpha value is -1.55. The summed E-state index contributed by atoms with van der Waals surface area (Å²) in [7, 11) is -55.5. The second-order valence-corrected chi connectivity index (χ2v) is 25.6. The van der Waals surface area contributed by atoms with Crippen LogP contribution < -0.4 is 0 Å². The predicted molar refractivity (Wildman–Crippen MR) is 113 cm³/mol. The second-order valence-electron chi connectivity index (χ2n) is 8.01. The molecule has 0 saturated carbocycles. The van der Waals surface area contributed by atoms with Crippen LogP contribution in [0.15, 0.2) is 18.5 Å². The first-order valence-corrected chi connectivity index (χ1v) is 21.3. The van der Waals surface area contributed by atoms with Gasteiger partial charge in [-0.15, -0.1) is 0 Å². The van der Waals surface area contributed by atoms with Gasteiger partial charge in [-0.2, -0.15) is 79.0 Å². The molecule has 1 heterocycles. The van der Waals surface area contributed by atoms with E-state index in [-0.39, 0.29) is 0 Å². The summed E-state index contributed by atoms with van der Waals surface area (Å²) in [6.45, 7) is 0. The Morgan fingerprint density at radius 2 is 0.667 bits per heavy atom. The molecule has 1 aliphatic rings. The Morgan fingerprint density at radius 3 is 0.917 bits per heavy atom. The molecule has 1 aliphatic heterocycles. The molecule has 37 heteroatoms. The van der Waals surface area contributed by atoms with Gasteiger partial charge in [0.1, 0.15) is 4.91 Å². The molecule has 0 bridgehead atoms. The van der Waals surface area contributed by atoms with Gasteiger partial charge in [0, 0.05) is 3.77 Å². The quantitative estimate of drug-likeness (QED) is 0.279. The van der Waals surface area contributed by atoms with Crippen molar-refractivity contribution in [3.8, 4) is 0 Å². The second kappa shape index (κ2) is 11.5. The highest BCUT2D eigenvalue weighted by Gasteiger charge is 2.78. The van der Waals surface area contributed by atoms with Crippen LogP contribution in [0.3, 0.4) is 0 Å². The lowest BCUT2D eigenvalue weighted by Gasteiger charge is -2.35. The van der Waals surface area contributed by atoms with E-state index in [1.54, 1.807) is 0 Å². The zero-order chi connectivity index (χ0) is 39.5. The van der Waals surface area contributed by atoms with E-state index >= 15 is 0 Å². The fourth-order valence-electron chi connectivity index (χ4n) is 3.19. The Kier molecular flexibility index (Phi) is 10.6. The Bertz CT molecular complexity index is 1950. The van der Waals surface area contributed by atoms with Gasteiger partial charge in [0.25, 0.3) is 39.3 Å². The molecule has 0 aromatic rings. The van der Waals surface area contributed by atoms with E-state index in [1.165, 1.54) is 0 Å². The maximum Gasteiger partial charge on any atom is 0.548 e. The van der Waals surface area contributed by atoms with Gasteiger partial charge in [-0.1, -0.05) is 0 Å². The van der Waals surface area contributed by atoms with Crippen molar-refractivity contribution in [2.45, 2.75) is 37.2 Å². The van der Waals surface area contributed by atoms with Crippen LogP contribution >= 0.6 is 0 Å². The van der Waals surface area contributed by atoms with Crippen LogP contribution in [-0.2, 0) is 57.4 Å². The number of rotatable bonds is 6. The molecule has 282 valence electrons. The predicted octanol–water partition coefficient (Wildman–Crippen LogP) is 2.47. The molecule has 0 radical (unpaired) electrons. The van der Waals surface area contributed by atoms with E-state index < -0.39 is 126 Å². The van der Waals surface area contributed by atoms with Crippen LogP contribution in [0.2, 0.25) is 0 Å². The van der Waals surface area contributed by atoms with Gasteiger partial charge in [-0.3, -0.25) is 0 Å². The van der Waals surface area contributed by atoms with Crippen molar-refractivity contribution in [3.63, 3.8) is 0 Å². The summed E-state index contributed by atoms with van der Waals surface area (Å²) in [4.78, 5) is -16.2. The summed E-state index contributed by atoms with van der Waals surface area (Å²) in [6, 6.07) is 0. The number of alkyl halides is 18. The molecule has 0 aromatic heterocycles. The van der Waals surface area contributed by atoms with Gasteiger partial charge in [-0.05, 0) is 0 Å². The van der Waals surface area contributed by atoms with Crippen molar-refractivity contribution in [3.05, 3.63) is 18.5 Å². The van der Waals surface area contributed by atoms with Crippen molar-refractivity contribution in [1.82, 2.24) is 0 Å². The minimum atomic E-state index is -9.32. The third-order valence-electron chi connectivity index (χ3n) is 5.09. The van der Waals surface area contributed by atoms with Gasteiger partial charge in [0.2, 0.25) is 9.84 Å². The smallest absolute Gasteiger partial charge is 0.243 e. The van der Waals surface area contributed by atoms with E-state index in [0.29, 0.717) is 0 Å². The maximum atomic E-state index is 13.6. The molecule has 0 saturated heterocycles. The zero-order valence-corrected chi connectivity index (χ0v) is 26.4. The lowest BCUT2D eigenvalue weighted by atomic mass is 10.5. The minimum absolute atomic E-state index is 5.27. The Labute approximate surface area is 255 Å². The average molecular weight is 886 g/mol. The molecule has 0 aliphatic carbocycles. The molecule has 0 fully saturated rings. The van der Waals surface area contributed by atoms with E-state index in [1.807, 2.05) is 0 Å². The number of hydrogen-bond acceptors (Lipinski definition) is 12. The summed E-state index contributed by atoms with van der Waals surface area (Å²) >= 11 is -9.10. The fraction of sp³-hybridized carbons (Fsp3) is 0.636. The summed E-state index contributed by atoms with van der Waals surface area (Å²) in [5, 5.41) is 0. The minimum Gasteiger partial charge on any atom is -0.243 e. The van der Waals surface area contributed by atoms with Gasteiger partial charge >= 0.3 is 46.1 Å². The van der Waals surface area contributed by atoms with Crippen LogP contribution in [0.1, 0.15) is 0 Å². The Morgan fingerprint density at radius 1 is 0.375 bits per heavy atom. The van der Waals surface area contributed by atoms with Crippen molar-refractivity contribution in [1.29, 1.82) is 0 Å². The summed E-state index contributed by atoms with van der Waals surface area (Å²) < 4.78 is 379. The average Bonchev–Trinajstić information content (AvgIpc) is 2.77. The molecule has 1 rings (SSSR count). The van der Waals surface area contributed by atoms with Crippen LogP contribution in [0, 0.1) is 0 Å². The Balaban J connectivity index is 5.81. The van der Waals surface area contributed by atoms with E-state index in [2.05, 4.69) is 0 Å². The van der Waals surface area contributed by atoms with Gasteiger partial charge in [-0.25, -0.2) is 50.5 Å². The summed E-state index contributed by atoms with van der Waals surface area (Å²) in [5.41, 5.74) is -48.2. The van der Waals surface area contributed by atoms with Crippen molar-refractivity contribution in [2.24, 2.45) is 0 Å². The van der Waals surface area contributed by atoms with Gasteiger partial charge in [0.05, 0.1) is 13.9 Å². The van der Waals surface area contributed by atoms with Gasteiger partial charge in [0.15, 0.2) is 8.20 Å². The lowest BCUT2D eigenvalue weighted by molar-refractivity contribution is -0.0455. The molecule has 1 atom stereocenters. The third kappa shape index (κ3) is 6.64. The highest BCUT2D eigenvalue weighted by molar-refractivity contribution is 8.25. The first kappa shape index (κ1) is 44.5. The topological polar surface area (TPSA) is 205 Å². The van der Waals surface area contributed by atoms with Crippen molar-refractivity contribution in [2.75, 3.05) is 0 Å². The maximum absolute atomic E-state index is 13.6. The normalized spacial score (nSPS) is 19.6. The number of hydrogen-bond donors (Lipinski definition) is 0. The highest BCUT2D eigenvalue weighted by Crippen LogP contribution is 2.55. The van der Waals surface area contributed by atoms with Gasteiger partial charge < -0.3 is 0 Å². The summed E-state index contributed by atoms with van der Waals surface area (Å²) in [5.74, 6) is 0. The molecular formula is C11HAlF18O12S6. The molecule has 1 unspecified atom stereocenters. The molecule has 0 aromatic carbocycles. The monoisotopic (exact) mass is 886 g/mol. The highest BCUT2D eigenvalue weighted by atomic mass is 32.4. The molecule has 0 amide bonds.